The zero-order chi connectivity index (χ0) is 45.5. The maximum atomic E-state index is 2.55. The first-order valence-electron chi connectivity index (χ1n) is 24.1. The lowest BCUT2D eigenvalue weighted by Gasteiger charge is -2.35. The predicted octanol–water partition coefficient (Wildman–Crippen LogP) is 17.2. The van der Waals surface area contributed by atoms with E-state index in [0.29, 0.717) is 0 Å². The summed E-state index contributed by atoms with van der Waals surface area (Å²) in [6.07, 6.45) is 0. The Kier molecular flexibility index (Phi) is 8.78. The average Bonchev–Trinajstić information content (AvgIpc) is 4.02. The predicted molar refractivity (Wildman–Crippen MR) is 286 cm³/mol. The average molecular weight is 876 g/mol. The molecule has 0 atom stereocenters. The molecule has 1 nitrogen and oxygen atoms in total. The number of fused-ring (bicyclic) bond motifs is 13. The van der Waals surface area contributed by atoms with Gasteiger partial charge in [0.1, 0.15) is 0 Å². The van der Waals surface area contributed by atoms with Gasteiger partial charge in [-0.3, -0.25) is 0 Å². The van der Waals surface area contributed by atoms with Crippen LogP contribution in [0.15, 0.2) is 273 Å². The lowest BCUT2D eigenvalue weighted by Crippen LogP contribution is -2.28. The Morgan fingerprint density at radius 1 is 0.217 bits per heavy atom. The minimum absolute atomic E-state index is 0.491. The summed E-state index contributed by atoms with van der Waals surface area (Å²) in [6.45, 7) is 0. The molecule has 1 heteroatoms. The van der Waals surface area contributed by atoms with E-state index in [1.165, 1.54) is 94.6 Å². The van der Waals surface area contributed by atoms with Crippen molar-refractivity contribution in [1.29, 1.82) is 0 Å². The van der Waals surface area contributed by atoms with Crippen molar-refractivity contribution >= 4 is 17.1 Å². The molecule has 322 valence electrons. The fraction of sp³-hybridized carbons (Fsp3) is 0.0294. The van der Waals surface area contributed by atoms with Gasteiger partial charge in [0.25, 0.3) is 0 Å². The van der Waals surface area contributed by atoms with E-state index in [1.807, 2.05) is 0 Å². The Morgan fingerprint density at radius 2 is 0.551 bits per heavy atom. The van der Waals surface area contributed by atoms with E-state index in [1.54, 1.807) is 0 Å². The van der Waals surface area contributed by atoms with Crippen molar-refractivity contribution < 1.29 is 0 Å². The van der Waals surface area contributed by atoms with Crippen LogP contribution < -0.4 is 4.90 Å². The van der Waals surface area contributed by atoms with E-state index in [2.05, 4.69) is 278 Å². The first-order chi connectivity index (χ1) is 34.3. The van der Waals surface area contributed by atoms with Gasteiger partial charge in [-0.25, -0.2) is 0 Å². The number of benzene rings is 11. The summed E-state index contributed by atoms with van der Waals surface area (Å²) in [6, 6.07) is 102. The van der Waals surface area contributed by atoms with Crippen LogP contribution in [-0.2, 0) is 10.8 Å². The van der Waals surface area contributed by atoms with Crippen LogP contribution in [0.4, 0.5) is 17.1 Å². The van der Waals surface area contributed by atoms with Crippen molar-refractivity contribution in [3.8, 4) is 55.6 Å². The number of hydrogen-bond acceptors (Lipinski definition) is 1. The van der Waals surface area contributed by atoms with Crippen LogP contribution in [0.25, 0.3) is 55.6 Å². The van der Waals surface area contributed by atoms with Crippen molar-refractivity contribution in [1.82, 2.24) is 0 Å². The van der Waals surface area contributed by atoms with Crippen molar-refractivity contribution in [2.24, 2.45) is 0 Å². The van der Waals surface area contributed by atoms with E-state index in [4.69, 9.17) is 0 Å². The number of anilines is 3. The highest BCUT2D eigenvalue weighted by Gasteiger charge is 2.52. The van der Waals surface area contributed by atoms with Gasteiger partial charge in [-0.2, -0.15) is 0 Å². The molecule has 0 radical (unpaired) electrons. The highest BCUT2D eigenvalue weighted by molar-refractivity contribution is 5.99. The minimum atomic E-state index is -0.559. The molecule has 0 aliphatic heterocycles. The Bertz CT molecular complexity index is 3580. The third-order valence-electron chi connectivity index (χ3n) is 15.4. The van der Waals surface area contributed by atoms with Gasteiger partial charge in [-0.1, -0.05) is 243 Å². The Morgan fingerprint density at radius 3 is 1.03 bits per heavy atom. The molecule has 0 saturated carbocycles. The summed E-state index contributed by atoms with van der Waals surface area (Å²) in [5.74, 6) is 0. The normalized spacial score (nSPS) is 13.7. The lowest BCUT2D eigenvalue weighted by atomic mass is 9.67. The van der Waals surface area contributed by atoms with Crippen LogP contribution in [-0.4, -0.2) is 0 Å². The number of nitrogens with zero attached hydrogens (tertiary/aromatic N) is 1. The zero-order valence-electron chi connectivity index (χ0n) is 37.9. The molecule has 0 unspecified atom stereocenters. The largest absolute Gasteiger partial charge is 0.310 e. The summed E-state index contributed by atoms with van der Waals surface area (Å²) in [5, 5.41) is 0. The van der Waals surface area contributed by atoms with E-state index < -0.39 is 10.8 Å². The second-order valence-corrected chi connectivity index (χ2v) is 18.6. The van der Waals surface area contributed by atoms with Gasteiger partial charge in [-0.05, 0) is 125 Å². The Hall–Kier alpha value is -8.78. The fourth-order valence-corrected chi connectivity index (χ4v) is 12.7. The molecule has 0 bridgehead atoms. The van der Waals surface area contributed by atoms with Crippen LogP contribution >= 0.6 is 0 Å². The summed E-state index contributed by atoms with van der Waals surface area (Å²) >= 11 is 0. The molecular weight excluding hydrogens is 831 g/mol. The smallest absolute Gasteiger partial charge is 0.0726 e. The summed E-state index contributed by atoms with van der Waals surface area (Å²) in [5.41, 5.74) is 25.1. The topological polar surface area (TPSA) is 3.24 Å². The molecule has 11 aromatic rings. The van der Waals surface area contributed by atoms with Crippen LogP contribution in [0.5, 0.6) is 0 Å². The zero-order valence-corrected chi connectivity index (χ0v) is 37.9. The first-order valence-corrected chi connectivity index (χ1v) is 24.1. The highest BCUT2D eigenvalue weighted by atomic mass is 15.1. The van der Waals surface area contributed by atoms with Crippen molar-refractivity contribution in [2.45, 2.75) is 10.8 Å². The molecular formula is C68H45N. The maximum Gasteiger partial charge on any atom is 0.0726 e. The first kappa shape index (κ1) is 39.4. The quantitative estimate of drug-likeness (QED) is 0.154. The van der Waals surface area contributed by atoms with E-state index >= 15 is 0 Å². The molecule has 0 aromatic heterocycles. The van der Waals surface area contributed by atoms with E-state index in [0.717, 1.165) is 22.6 Å². The third-order valence-corrected chi connectivity index (χ3v) is 15.4. The molecule has 69 heavy (non-hydrogen) atoms. The molecule has 3 aliphatic rings. The molecule has 0 N–H and O–H groups in total. The molecule has 0 heterocycles. The summed E-state index contributed by atoms with van der Waals surface area (Å²) < 4.78 is 0. The van der Waals surface area contributed by atoms with Gasteiger partial charge < -0.3 is 4.90 Å². The van der Waals surface area contributed by atoms with Gasteiger partial charge in [0.2, 0.25) is 0 Å². The van der Waals surface area contributed by atoms with Crippen molar-refractivity contribution in [3.63, 3.8) is 0 Å². The second kappa shape index (κ2) is 15.4. The van der Waals surface area contributed by atoms with Gasteiger partial charge in [0, 0.05) is 16.9 Å². The lowest BCUT2D eigenvalue weighted by molar-refractivity contribution is 0.768. The molecule has 11 aromatic carbocycles. The van der Waals surface area contributed by atoms with Crippen molar-refractivity contribution in [3.05, 3.63) is 317 Å². The molecule has 0 saturated heterocycles. The van der Waals surface area contributed by atoms with Crippen LogP contribution in [0.3, 0.4) is 0 Å². The number of hydrogen-bond donors (Lipinski definition) is 0. The maximum absolute atomic E-state index is 2.55. The molecule has 14 rings (SSSR count). The van der Waals surface area contributed by atoms with Gasteiger partial charge in [-0.15, -0.1) is 0 Å². The molecule has 0 fully saturated rings. The second-order valence-electron chi connectivity index (χ2n) is 18.6. The van der Waals surface area contributed by atoms with Gasteiger partial charge >= 0.3 is 0 Å². The van der Waals surface area contributed by atoms with Gasteiger partial charge in [0.05, 0.1) is 16.5 Å². The fourth-order valence-electron chi connectivity index (χ4n) is 12.7. The summed E-state index contributed by atoms with van der Waals surface area (Å²) in [4.78, 5) is 2.55. The number of rotatable bonds is 7. The SMILES string of the molecule is c1ccc(-c2ccccc2-c2ccccc2N(c2ccc3c(c2)C(c2ccccc2)(c2ccccc2)c2ccccc2-3)c2ccc3c(c2)C2(c4ccccc4-c4ccccc42)c2ccccc2-3)cc1. The minimum Gasteiger partial charge on any atom is -0.310 e. The van der Waals surface area contributed by atoms with Crippen LogP contribution in [0.1, 0.15) is 44.5 Å². The monoisotopic (exact) mass is 875 g/mol. The molecule has 3 aliphatic carbocycles. The number of para-hydroxylation sites is 1. The summed E-state index contributed by atoms with van der Waals surface area (Å²) in [7, 11) is 0. The van der Waals surface area contributed by atoms with Gasteiger partial charge in [0.15, 0.2) is 0 Å². The molecule has 1 spiro atoms. The van der Waals surface area contributed by atoms with E-state index in [-0.39, 0.29) is 0 Å². The van der Waals surface area contributed by atoms with Crippen molar-refractivity contribution in [2.75, 3.05) is 4.90 Å². The Labute approximate surface area is 403 Å². The van der Waals surface area contributed by atoms with E-state index in [9.17, 15) is 0 Å². The third kappa shape index (κ3) is 5.53. The van der Waals surface area contributed by atoms with Crippen LogP contribution in [0.2, 0.25) is 0 Å². The highest BCUT2D eigenvalue weighted by Crippen LogP contribution is 2.64. The van der Waals surface area contributed by atoms with Crippen LogP contribution in [0, 0.1) is 0 Å². The standard InChI is InChI=1S/C68H45N/c1-4-22-46(23-5-1)51-28-10-11-29-52(51)59-34-16-21-39-66(59)69(49-40-42-57-55-32-12-17-35-60(55)67(64(57)44-49,47-24-6-2-7-25-47)48-26-8-3-9-27-48)50-41-43-58-56-33-15-20-38-63(56)68(65(58)45-50)61-36-18-13-30-53(61)54-31-14-19-37-62(54)68/h1-45H. The molecule has 0 amide bonds. The Balaban J connectivity index is 1.07.